The molecule has 1 saturated heterocycles. The van der Waals surface area contributed by atoms with E-state index < -0.39 is 8.32 Å². The molecule has 0 saturated carbocycles. The van der Waals surface area contributed by atoms with Gasteiger partial charge in [0, 0.05) is 12.1 Å². The van der Waals surface area contributed by atoms with Gasteiger partial charge in [-0.05, 0) is 31.4 Å². The summed E-state index contributed by atoms with van der Waals surface area (Å²) < 4.78 is 6.28. The summed E-state index contributed by atoms with van der Waals surface area (Å²) in [7, 11) is -1.49. The van der Waals surface area contributed by atoms with Crippen molar-refractivity contribution in [3.63, 3.8) is 0 Å². The lowest BCUT2D eigenvalue weighted by molar-refractivity contribution is 0.282. The fourth-order valence-electron chi connectivity index (χ4n) is 3.08. The van der Waals surface area contributed by atoms with Crippen molar-refractivity contribution < 1.29 is 4.43 Å². The highest BCUT2D eigenvalue weighted by Crippen LogP contribution is 2.30. The number of allylic oxidation sites excluding steroid dienone is 1. The van der Waals surface area contributed by atoms with Gasteiger partial charge in [0.1, 0.15) is 0 Å². The first kappa shape index (κ1) is 18.3. The van der Waals surface area contributed by atoms with Crippen molar-refractivity contribution in [2.75, 3.05) is 12.1 Å². The third-order valence-corrected chi connectivity index (χ3v) is 9.76. The predicted molar refractivity (Wildman–Crippen MR) is 93.0 cm³/mol. The molecule has 0 bridgehead atoms. The van der Waals surface area contributed by atoms with Crippen LogP contribution in [-0.2, 0) is 4.43 Å². The molecule has 0 atom stereocenters. The zero-order valence-electron chi connectivity index (χ0n) is 13.2. The summed E-state index contributed by atoms with van der Waals surface area (Å²) in [5.74, 6) is 0. The molecule has 0 spiro atoms. The van der Waals surface area contributed by atoms with E-state index in [0.717, 1.165) is 12.1 Å². The molecule has 1 aliphatic heterocycles. The average molecular weight is 317 g/mol. The van der Waals surface area contributed by atoms with Crippen molar-refractivity contribution in [1.82, 2.24) is 0 Å². The highest BCUT2D eigenvalue weighted by atomic mass is 35.5. The monoisotopic (exact) mass is 316 g/mol. The normalized spacial score (nSPS) is 18.1. The Morgan fingerprint density at radius 2 is 1.50 bits per heavy atom. The molecule has 0 aromatic rings. The predicted octanol–water partition coefficient (Wildman–Crippen LogP) is 6.22. The summed E-state index contributed by atoms with van der Waals surface area (Å²) in [5.41, 5.74) is 0.816. The van der Waals surface area contributed by atoms with Crippen LogP contribution in [0.2, 0.25) is 12.1 Å². The van der Waals surface area contributed by atoms with Gasteiger partial charge in [-0.15, -0.1) is 18.2 Å². The minimum Gasteiger partial charge on any atom is -0.416 e. The van der Waals surface area contributed by atoms with Crippen LogP contribution in [0.25, 0.3) is 0 Å². The topological polar surface area (TPSA) is 9.23 Å². The van der Waals surface area contributed by atoms with Crippen LogP contribution in [0.1, 0.15) is 70.6 Å². The van der Waals surface area contributed by atoms with E-state index in [1.807, 2.05) is 6.08 Å². The Bertz CT molecular complexity index is 239. The Labute approximate surface area is 132 Å². The van der Waals surface area contributed by atoms with Gasteiger partial charge < -0.3 is 4.43 Å². The van der Waals surface area contributed by atoms with Crippen LogP contribution in [-0.4, -0.2) is 20.4 Å². The van der Waals surface area contributed by atoms with Crippen molar-refractivity contribution in [3.8, 4) is 0 Å². The first-order valence-electron chi connectivity index (χ1n) is 8.64. The van der Waals surface area contributed by atoms with E-state index >= 15 is 0 Å². The number of hydrogen-bond donors (Lipinski definition) is 0. The molecule has 0 aliphatic carbocycles. The maximum atomic E-state index is 6.28. The smallest absolute Gasteiger partial charge is 0.207 e. The van der Waals surface area contributed by atoms with Crippen LogP contribution >= 0.6 is 11.6 Å². The summed E-state index contributed by atoms with van der Waals surface area (Å²) >= 11 is 6.19. The van der Waals surface area contributed by atoms with Gasteiger partial charge in [-0.2, -0.15) is 0 Å². The molecule has 20 heavy (non-hydrogen) atoms. The third kappa shape index (κ3) is 7.85. The molecule has 0 N–H and O–H groups in total. The zero-order chi connectivity index (χ0) is 14.5. The van der Waals surface area contributed by atoms with Gasteiger partial charge in [0.2, 0.25) is 8.32 Å². The molecule has 1 heterocycles. The molecular weight excluding hydrogens is 284 g/mol. The highest BCUT2D eigenvalue weighted by molar-refractivity contribution is 6.80. The number of rotatable bonds is 12. The summed E-state index contributed by atoms with van der Waals surface area (Å²) in [4.78, 5) is 0. The van der Waals surface area contributed by atoms with Gasteiger partial charge in [0.15, 0.2) is 0 Å². The molecular formula is C17H33ClOSi. The molecule has 1 nitrogen and oxygen atoms in total. The third-order valence-electron chi connectivity index (χ3n) is 4.47. The quantitative estimate of drug-likeness (QED) is 0.180. The van der Waals surface area contributed by atoms with Crippen molar-refractivity contribution in [2.24, 2.45) is 0 Å². The molecule has 0 amide bonds. The van der Waals surface area contributed by atoms with Gasteiger partial charge in [-0.25, -0.2) is 0 Å². The Hall–Kier alpha value is 0.207. The maximum absolute atomic E-state index is 6.28. The fourth-order valence-corrected chi connectivity index (χ4v) is 7.36. The number of halogens is 1. The van der Waals surface area contributed by atoms with Gasteiger partial charge in [0.05, 0.1) is 0 Å². The van der Waals surface area contributed by atoms with Gasteiger partial charge in [-0.1, -0.05) is 57.4 Å². The van der Waals surface area contributed by atoms with Crippen molar-refractivity contribution in [2.45, 2.75) is 82.7 Å². The van der Waals surface area contributed by atoms with E-state index in [9.17, 15) is 0 Å². The first-order valence-corrected chi connectivity index (χ1v) is 11.7. The molecule has 0 aromatic carbocycles. The van der Waals surface area contributed by atoms with Crippen molar-refractivity contribution in [1.29, 1.82) is 0 Å². The largest absolute Gasteiger partial charge is 0.416 e. The van der Waals surface area contributed by atoms with E-state index in [-0.39, 0.29) is 0 Å². The Morgan fingerprint density at radius 3 is 2.10 bits per heavy atom. The van der Waals surface area contributed by atoms with E-state index in [2.05, 4.69) is 6.58 Å². The second-order valence-corrected chi connectivity index (χ2v) is 11.0. The Kier molecular flexibility index (Phi) is 10.8. The number of alkyl halides is 1. The lowest BCUT2D eigenvalue weighted by atomic mass is 10.1. The second kappa shape index (κ2) is 11.8. The maximum Gasteiger partial charge on any atom is 0.207 e. The molecule has 118 valence electrons. The van der Waals surface area contributed by atoms with Gasteiger partial charge >= 0.3 is 0 Å². The van der Waals surface area contributed by atoms with Gasteiger partial charge in [-0.3, -0.25) is 0 Å². The highest BCUT2D eigenvalue weighted by Gasteiger charge is 2.35. The molecule has 0 aromatic heterocycles. The first-order chi connectivity index (χ1) is 9.83. The van der Waals surface area contributed by atoms with Crippen LogP contribution < -0.4 is 0 Å². The Balaban J connectivity index is 1.92. The average Bonchev–Trinajstić information content (AvgIpc) is 2.50. The Morgan fingerprint density at radius 1 is 0.900 bits per heavy atom. The number of unbranched alkanes of at least 4 members (excludes halogenated alkanes) is 7. The molecule has 1 aliphatic rings. The summed E-state index contributed by atoms with van der Waals surface area (Å²) in [6.45, 7) is 4.73. The molecule has 1 rings (SSSR count). The van der Waals surface area contributed by atoms with E-state index in [1.54, 1.807) is 0 Å². The van der Waals surface area contributed by atoms with E-state index in [4.69, 9.17) is 16.0 Å². The van der Waals surface area contributed by atoms with Crippen molar-refractivity contribution >= 4 is 19.9 Å². The lowest BCUT2D eigenvalue weighted by Crippen LogP contribution is -2.43. The second-order valence-electron chi connectivity index (χ2n) is 6.28. The summed E-state index contributed by atoms with van der Waals surface area (Å²) in [6.07, 6.45) is 16.7. The van der Waals surface area contributed by atoms with Crippen LogP contribution in [0.15, 0.2) is 12.7 Å². The zero-order valence-corrected chi connectivity index (χ0v) is 14.9. The van der Waals surface area contributed by atoms with Crippen LogP contribution in [0.3, 0.4) is 0 Å². The molecule has 1 fully saturated rings. The van der Waals surface area contributed by atoms with Crippen molar-refractivity contribution in [3.05, 3.63) is 12.7 Å². The summed E-state index contributed by atoms with van der Waals surface area (Å²) in [5, 5.41) is 0. The lowest BCUT2D eigenvalue weighted by Gasteiger charge is -2.33. The van der Waals surface area contributed by atoms with Crippen LogP contribution in [0, 0.1) is 0 Å². The molecule has 0 radical (unpaired) electrons. The molecule has 3 heteroatoms. The van der Waals surface area contributed by atoms with Gasteiger partial charge in [0.25, 0.3) is 0 Å². The van der Waals surface area contributed by atoms with E-state index in [0.29, 0.717) is 0 Å². The van der Waals surface area contributed by atoms with Crippen LogP contribution in [0.4, 0.5) is 0 Å². The fraction of sp³-hybridized carbons (Fsp3) is 0.882. The standard InChI is InChI=1S/C17H33ClOSi/c1-2-3-4-5-6-7-8-9-11-14-19-20(17-18)15-12-10-13-16-20/h2H,1,3-17H2. The minimum absolute atomic E-state index is 0.816. The molecule has 0 unspecified atom stereocenters. The number of hydrogen-bond acceptors (Lipinski definition) is 1. The van der Waals surface area contributed by atoms with Crippen LogP contribution in [0.5, 0.6) is 0 Å². The SMILES string of the molecule is C=CCCCCCCCCCO[Si]1(CCl)CCCCC1. The summed E-state index contributed by atoms with van der Waals surface area (Å²) in [6, 6.07) is 2.61. The van der Waals surface area contributed by atoms with E-state index in [1.165, 1.54) is 82.7 Å². The minimum atomic E-state index is -1.49.